The maximum Gasteiger partial charge on any atom is 0.169 e. The molecule has 2 aromatic heterocycles. The summed E-state index contributed by atoms with van der Waals surface area (Å²) in [5.41, 5.74) is 1.14. The summed E-state index contributed by atoms with van der Waals surface area (Å²) in [5.74, 6) is 1.81. The molecule has 3 nitrogen and oxygen atoms in total. The molecule has 0 aliphatic rings. The number of hydrogen-bond donors (Lipinski definition) is 0. The Hall–Kier alpha value is -1.68. The summed E-state index contributed by atoms with van der Waals surface area (Å²) in [4.78, 5) is 0. The SMILES string of the molecule is COc1cccc2c1ccn2Cc1ccc(Br)o1. The van der Waals surface area contributed by atoms with Crippen molar-refractivity contribution in [3.05, 3.63) is 53.0 Å². The Labute approximate surface area is 113 Å². The highest BCUT2D eigenvalue weighted by molar-refractivity contribution is 9.10. The molecule has 0 bridgehead atoms. The van der Waals surface area contributed by atoms with Crippen molar-refractivity contribution in [3.63, 3.8) is 0 Å². The summed E-state index contributed by atoms with van der Waals surface area (Å²) in [6.07, 6.45) is 2.05. The molecule has 0 radical (unpaired) electrons. The van der Waals surface area contributed by atoms with Crippen LogP contribution in [0.5, 0.6) is 5.75 Å². The van der Waals surface area contributed by atoms with Gasteiger partial charge in [0.25, 0.3) is 0 Å². The standard InChI is InChI=1S/C14H12BrNO2/c1-17-13-4-2-3-12-11(13)7-8-16(12)9-10-5-6-14(15)18-10/h2-8H,9H2,1H3. The van der Waals surface area contributed by atoms with Gasteiger partial charge in [0.2, 0.25) is 0 Å². The van der Waals surface area contributed by atoms with Crippen molar-refractivity contribution in [1.29, 1.82) is 0 Å². The Morgan fingerprint density at radius 2 is 2.11 bits per heavy atom. The van der Waals surface area contributed by atoms with Gasteiger partial charge in [-0.15, -0.1) is 0 Å². The van der Waals surface area contributed by atoms with Crippen LogP contribution in [0.2, 0.25) is 0 Å². The van der Waals surface area contributed by atoms with Crippen LogP contribution < -0.4 is 4.74 Å². The van der Waals surface area contributed by atoms with Gasteiger partial charge in [-0.3, -0.25) is 0 Å². The lowest BCUT2D eigenvalue weighted by Gasteiger charge is -2.05. The lowest BCUT2D eigenvalue weighted by molar-refractivity contribution is 0.420. The highest BCUT2D eigenvalue weighted by Crippen LogP contribution is 2.27. The van der Waals surface area contributed by atoms with E-state index in [1.807, 2.05) is 30.5 Å². The highest BCUT2D eigenvalue weighted by Gasteiger charge is 2.07. The first-order valence-corrected chi connectivity index (χ1v) is 6.43. The van der Waals surface area contributed by atoms with Crippen molar-refractivity contribution in [2.75, 3.05) is 7.11 Å². The van der Waals surface area contributed by atoms with E-state index in [2.05, 4.69) is 32.6 Å². The molecule has 18 heavy (non-hydrogen) atoms. The minimum absolute atomic E-state index is 0.711. The molecule has 0 spiro atoms. The van der Waals surface area contributed by atoms with Crippen LogP contribution in [0.4, 0.5) is 0 Å². The number of hydrogen-bond acceptors (Lipinski definition) is 2. The second kappa shape index (κ2) is 4.53. The normalized spacial score (nSPS) is 11.0. The minimum atomic E-state index is 0.711. The molecule has 3 rings (SSSR count). The molecule has 92 valence electrons. The maximum atomic E-state index is 5.53. The first-order chi connectivity index (χ1) is 8.78. The number of aromatic nitrogens is 1. The minimum Gasteiger partial charge on any atom is -0.496 e. The van der Waals surface area contributed by atoms with E-state index in [9.17, 15) is 0 Å². The van der Waals surface area contributed by atoms with Gasteiger partial charge in [-0.2, -0.15) is 0 Å². The number of halogens is 1. The highest BCUT2D eigenvalue weighted by atomic mass is 79.9. The van der Waals surface area contributed by atoms with E-state index in [0.717, 1.165) is 27.1 Å². The van der Waals surface area contributed by atoms with Crippen LogP contribution in [0.25, 0.3) is 10.9 Å². The Kier molecular flexibility index (Phi) is 2.88. The predicted molar refractivity (Wildman–Crippen MR) is 74.0 cm³/mol. The number of methoxy groups -OCH3 is 1. The molecule has 0 N–H and O–H groups in total. The number of nitrogens with zero attached hydrogens (tertiary/aromatic N) is 1. The Morgan fingerprint density at radius 1 is 1.22 bits per heavy atom. The van der Waals surface area contributed by atoms with E-state index in [1.165, 1.54) is 0 Å². The van der Waals surface area contributed by atoms with E-state index >= 15 is 0 Å². The van der Waals surface area contributed by atoms with E-state index in [0.29, 0.717) is 6.54 Å². The van der Waals surface area contributed by atoms with Crippen LogP contribution >= 0.6 is 15.9 Å². The Balaban J connectivity index is 2.02. The molecule has 0 fully saturated rings. The molecule has 0 aliphatic heterocycles. The quantitative estimate of drug-likeness (QED) is 0.730. The molecule has 0 amide bonds. The zero-order chi connectivity index (χ0) is 12.5. The lowest BCUT2D eigenvalue weighted by atomic mass is 10.2. The van der Waals surface area contributed by atoms with Crippen LogP contribution in [0.15, 0.2) is 51.7 Å². The zero-order valence-electron chi connectivity index (χ0n) is 9.89. The van der Waals surface area contributed by atoms with Crippen molar-refractivity contribution in [2.45, 2.75) is 6.54 Å². The summed E-state index contributed by atoms with van der Waals surface area (Å²) in [6, 6.07) is 12.0. The number of rotatable bonds is 3. The molecule has 0 saturated heterocycles. The van der Waals surface area contributed by atoms with Gasteiger partial charge in [-0.05, 0) is 46.3 Å². The second-order valence-corrected chi connectivity index (χ2v) is 4.82. The van der Waals surface area contributed by atoms with Gasteiger partial charge < -0.3 is 13.7 Å². The van der Waals surface area contributed by atoms with Gasteiger partial charge in [-0.25, -0.2) is 0 Å². The van der Waals surface area contributed by atoms with Gasteiger partial charge >= 0.3 is 0 Å². The maximum absolute atomic E-state index is 5.53. The Morgan fingerprint density at radius 3 is 2.83 bits per heavy atom. The van der Waals surface area contributed by atoms with Crippen LogP contribution in [-0.2, 0) is 6.54 Å². The third-order valence-electron chi connectivity index (χ3n) is 2.95. The molecular formula is C14H12BrNO2. The van der Waals surface area contributed by atoms with Crippen LogP contribution in [-0.4, -0.2) is 11.7 Å². The van der Waals surface area contributed by atoms with Gasteiger partial charge in [0.15, 0.2) is 4.67 Å². The fourth-order valence-electron chi connectivity index (χ4n) is 2.12. The number of benzene rings is 1. The first kappa shape index (κ1) is 11.4. The van der Waals surface area contributed by atoms with Crippen LogP contribution in [0.1, 0.15) is 5.76 Å². The molecule has 2 heterocycles. The summed E-state index contributed by atoms with van der Waals surface area (Å²) < 4.78 is 13.8. The van der Waals surface area contributed by atoms with Crippen LogP contribution in [0, 0.1) is 0 Å². The van der Waals surface area contributed by atoms with Gasteiger partial charge in [0, 0.05) is 11.6 Å². The summed E-state index contributed by atoms with van der Waals surface area (Å²) >= 11 is 3.31. The van der Waals surface area contributed by atoms with E-state index in [-0.39, 0.29) is 0 Å². The molecule has 1 aromatic carbocycles. The average Bonchev–Trinajstić information content (AvgIpc) is 2.97. The fraction of sp³-hybridized carbons (Fsp3) is 0.143. The number of fused-ring (bicyclic) bond motifs is 1. The van der Waals surface area contributed by atoms with Crippen molar-refractivity contribution in [1.82, 2.24) is 4.57 Å². The first-order valence-electron chi connectivity index (χ1n) is 5.64. The van der Waals surface area contributed by atoms with E-state index < -0.39 is 0 Å². The summed E-state index contributed by atoms with van der Waals surface area (Å²) in [5, 5.41) is 1.12. The second-order valence-electron chi connectivity index (χ2n) is 4.04. The topological polar surface area (TPSA) is 27.3 Å². The van der Waals surface area contributed by atoms with Crippen LogP contribution in [0.3, 0.4) is 0 Å². The fourth-order valence-corrected chi connectivity index (χ4v) is 2.46. The number of furan rings is 1. The summed E-state index contributed by atoms with van der Waals surface area (Å²) in [6.45, 7) is 0.711. The Bertz CT molecular complexity index is 684. The van der Waals surface area contributed by atoms with Crippen molar-refractivity contribution >= 4 is 26.8 Å². The molecule has 4 heteroatoms. The molecular weight excluding hydrogens is 294 g/mol. The van der Waals surface area contributed by atoms with Gasteiger partial charge in [0.05, 0.1) is 19.2 Å². The number of ether oxygens (including phenoxy) is 1. The molecule has 0 aliphatic carbocycles. The predicted octanol–water partition coefficient (Wildman–Crippen LogP) is 4.05. The summed E-state index contributed by atoms with van der Waals surface area (Å²) in [7, 11) is 1.69. The van der Waals surface area contributed by atoms with E-state index in [1.54, 1.807) is 7.11 Å². The lowest BCUT2D eigenvalue weighted by Crippen LogP contribution is -1.96. The van der Waals surface area contributed by atoms with Crippen molar-refractivity contribution in [2.24, 2.45) is 0 Å². The molecule has 3 aromatic rings. The molecule has 0 unspecified atom stereocenters. The largest absolute Gasteiger partial charge is 0.496 e. The smallest absolute Gasteiger partial charge is 0.169 e. The van der Waals surface area contributed by atoms with E-state index in [4.69, 9.17) is 9.15 Å². The van der Waals surface area contributed by atoms with Crippen molar-refractivity contribution < 1.29 is 9.15 Å². The molecule has 0 saturated carbocycles. The van der Waals surface area contributed by atoms with Crippen molar-refractivity contribution in [3.8, 4) is 5.75 Å². The van der Waals surface area contributed by atoms with Gasteiger partial charge in [-0.1, -0.05) is 6.07 Å². The third-order valence-corrected chi connectivity index (χ3v) is 3.37. The van der Waals surface area contributed by atoms with Gasteiger partial charge in [0.1, 0.15) is 11.5 Å². The third kappa shape index (κ3) is 1.93. The monoisotopic (exact) mass is 305 g/mol. The molecule has 0 atom stereocenters. The average molecular weight is 306 g/mol. The zero-order valence-corrected chi connectivity index (χ0v) is 11.5.